The van der Waals surface area contributed by atoms with Gasteiger partial charge >= 0.3 is 0 Å². The first kappa shape index (κ1) is 12.6. The van der Waals surface area contributed by atoms with E-state index in [0.717, 1.165) is 0 Å². The summed E-state index contributed by atoms with van der Waals surface area (Å²) in [6, 6.07) is 4.53. The van der Waals surface area contributed by atoms with E-state index in [1.54, 1.807) is 12.1 Å². The fourth-order valence-corrected chi connectivity index (χ4v) is 2.38. The number of hydrogen-bond donors (Lipinski definition) is 1. The molecular formula is C13H12ClFN2O2. The fraction of sp³-hybridized carbons (Fsp3) is 0.385. The van der Waals surface area contributed by atoms with Crippen molar-refractivity contribution in [2.75, 3.05) is 0 Å². The van der Waals surface area contributed by atoms with Gasteiger partial charge < -0.3 is 9.63 Å². The molecule has 4 nitrogen and oxygen atoms in total. The van der Waals surface area contributed by atoms with Gasteiger partial charge in [-0.2, -0.15) is 4.98 Å². The molecule has 1 aliphatic carbocycles. The maximum Gasteiger partial charge on any atom is 0.229 e. The highest BCUT2D eigenvalue weighted by molar-refractivity contribution is 6.31. The minimum atomic E-state index is -0.377. The molecule has 0 atom stereocenters. The van der Waals surface area contributed by atoms with Crippen LogP contribution in [-0.2, 0) is 6.42 Å². The molecule has 1 fully saturated rings. The van der Waals surface area contributed by atoms with Crippen LogP contribution in [0, 0.1) is 5.82 Å². The van der Waals surface area contributed by atoms with Gasteiger partial charge in [0.15, 0.2) is 5.82 Å². The van der Waals surface area contributed by atoms with Crippen molar-refractivity contribution in [3.63, 3.8) is 0 Å². The van der Waals surface area contributed by atoms with E-state index in [-0.39, 0.29) is 24.3 Å². The molecule has 0 bridgehead atoms. The maximum absolute atomic E-state index is 13.6. The lowest BCUT2D eigenvalue weighted by Crippen LogP contribution is -2.26. The molecule has 0 aliphatic heterocycles. The van der Waals surface area contributed by atoms with Crippen LogP contribution >= 0.6 is 11.6 Å². The molecule has 1 aromatic heterocycles. The summed E-state index contributed by atoms with van der Waals surface area (Å²) in [5, 5.41) is 13.4. The van der Waals surface area contributed by atoms with E-state index in [9.17, 15) is 9.50 Å². The molecule has 100 valence electrons. The lowest BCUT2D eigenvalue weighted by Gasteiger charge is -2.27. The molecule has 1 heterocycles. The van der Waals surface area contributed by atoms with Gasteiger partial charge in [-0.3, -0.25) is 0 Å². The van der Waals surface area contributed by atoms with Crippen LogP contribution in [0.5, 0.6) is 0 Å². The number of halogens is 2. The number of aromatic nitrogens is 2. The number of aliphatic hydroxyl groups is 1. The van der Waals surface area contributed by atoms with Crippen LogP contribution in [0.4, 0.5) is 4.39 Å². The summed E-state index contributed by atoms with van der Waals surface area (Å²) < 4.78 is 18.8. The minimum absolute atomic E-state index is 0.118. The Kier molecular flexibility index (Phi) is 3.24. The van der Waals surface area contributed by atoms with Crippen molar-refractivity contribution in [1.29, 1.82) is 0 Å². The molecular weight excluding hydrogens is 271 g/mol. The number of benzene rings is 1. The van der Waals surface area contributed by atoms with E-state index in [0.29, 0.717) is 35.1 Å². The van der Waals surface area contributed by atoms with Crippen molar-refractivity contribution >= 4 is 11.6 Å². The fourth-order valence-electron chi connectivity index (χ4n) is 2.15. The predicted octanol–water partition coefficient (Wildman–Crippen LogP) is 2.69. The average molecular weight is 283 g/mol. The Morgan fingerprint density at radius 1 is 1.42 bits per heavy atom. The van der Waals surface area contributed by atoms with E-state index in [1.165, 1.54) is 6.07 Å². The lowest BCUT2D eigenvalue weighted by molar-refractivity contribution is 0.0625. The largest absolute Gasteiger partial charge is 0.393 e. The van der Waals surface area contributed by atoms with Gasteiger partial charge in [0.05, 0.1) is 6.10 Å². The molecule has 19 heavy (non-hydrogen) atoms. The first-order valence-electron chi connectivity index (χ1n) is 6.07. The zero-order valence-electron chi connectivity index (χ0n) is 10.0. The van der Waals surface area contributed by atoms with E-state index < -0.39 is 0 Å². The summed E-state index contributed by atoms with van der Waals surface area (Å²) in [6.07, 6.45) is 1.20. The molecule has 6 heteroatoms. The first-order valence-corrected chi connectivity index (χ1v) is 6.44. The van der Waals surface area contributed by atoms with Gasteiger partial charge in [-0.1, -0.05) is 22.8 Å². The smallest absolute Gasteiger partial charge is 0.229 e. The van der Waals surface area contributed by atoms with Crippen LogP contribution in [0.2, 0.25) is 5.02 Å². The van der Waals surface area contributed by atoms with E-state index in [2.05, 4.69) is 10.1 Å². The normalized spacial score (nSPS) is 22.3. The van der Waals surface area contributed by atoms with Crippen LogP contribution in [-0.4, -0.2) is 21.4 Å². The molecule has 1 aromatic carbocycles. The number of nitrogens with zero attached hydrogens (tertiary/aromatic N) is 2. The van der Waals surface area contributed by atoms with Gasteiger partial charge in [-0.05, 0) is 25.0 Å². The average Bonchev–Trinajstić information content (AvgIpc) is 2.78. The summed E-state index contributed by atoms with van der Waals surface area (Å²) >= 11 is 5.95. The number of aliphatic hydroxyl groups excluding tert-OH is 1. The SMILES string of the molecule is OC1CC(c2nc(Cc3c(F)cccc3Cl)no2)C1. The number of rotatable bonds is 3. The van der Waals surface area contributed by atoms with Gasteiger partial charge in [0.25, 0.3) is 0 Å². The number of hydrogen-bond acceptors (Lipinski definition) is 4. The Morgan fingerprint density at radius 2 is 2.21 bits per heavy atom. The second kappa shape index (κ2) is 4.90. The molecule has 0 unspecified atom stereocenters. The van der Waals surface area contributed by atoms with Crippen molar-refractivity contribution in [3.05, 3.63) is 46.3 Å². The maximum atomic E-state index is 13.6. The standard InChI is InChI=1S/C13H12ClFN2O2/c14-10-2-1-3-11(15)9(10)6-12-16-13(19-17-12)7-4-8(18)5-7/h1-3,7-8,18H,4-6H2. The second-order valence-electron chi connectivity index (χ2n) is 4.75. The quantitative estimate of drug-likeness (QED) is 0.940. The third-order valence-electron chi connectivity index (χ3n) is 3.34. The lowest BCUT2D eigenvalue weighted by atomic mass is 9.82. The Morgan fingerprint density at radius 3 is 2.89 bits per heavy atom. The van der Waals surface area contributed by atoms with Gasteiger partial charge in [0, 0.05) is 22.9 Å². The molecule has 1 saturated carbocycles. The van der Waals surface area contributed by atoms with Crippen molar-refractivity contribution in [2.24, 2.45) is 0 Å². The van der Waals surface area contributed by atoms with Crippen LogP contribution < -0.4 is 0 Å². The Hall–Kier alpha value is -1.46. The van der Waals surface area contributed by atoms with Crippen LogP contribution in [0.25, 0.3) is 0 Å². The van der Waals surface area contributed by atoms with Gasteiger partial charge in [-0.25, -0.2) is 4.39 Å². The Labute approximate surface area is 114 Å². The Bertz CT molecular complexity index is 576. The third kappa shape index (κ3) is 2.48. The topological polar surface area (TPSA) is 59.2 Å². The van der Waals surface area contributed by atoms with Crippen LogP contribution in [0.15, 0.2) is 22.7 Å². The molecule has 0 radical (unpaired) electrons. The predicted molar refractivity (Wildman–Crippen MR) is 66.5 cm³/mol. The molecule has 0 saturated heterocycles. The minimum Gasteiger partial charge on any atom is -0.393 e. The van der Waals surface area contributed by atoms with Gasteiger partial charge in [0.1, 0.15) is 5.82 Å². The van der Waals surface area contributed by atoms with E-state index in [1.807, 2.05) is 0 Å². The molecule has 0 amide bonds. The third-order valence-corrected chi connectivity index (χ3v) is 3.70. The zero-order valence-corrected chi connectivity index (χ0v) is 10.8. The van der Waals surface area contributed by atoms with Gasteiger partial charge in [-0.15, -0.1) is 0 Å². The van der Waals surface area contributed by atoms with E-state index >= 15 is 0 Å². The summed E-state index contributed by atoms with van der Waals surface area (Å²) in [4.78, 5) is 4.23. The molecule has 1 N–H and O–H groups in total. The van der Waals surface area contributed by atoms with Crippen molar-refractivity contribution < 1.29 is 14.0 Å². The van der Waals surface area contributed by atoms with Crippen LogP contribution in [0.1, 0.15) is 36.0 Å². The summed E-state index contributed by atoms with van der Waals surface area (Å²) in [5.74, 6) is 0.654. The van der Waals surface area contributed by atoms with Crippen molar-refractivity contribution in [1.82, 2.24) is 10.1 Å². The summed E-state index contributed by atoms with van der Waals surface area (Å²) in [7, 11) is 0. The molecule has 0 spiro atoms. The summed E-state index contributed by atoms with van der Waals surface area (Å²) in [5.41, 5.74) is 0.366. The van der Waals surface area contributed by atoms with E-state index in [4.69, 9.17) is 16.1 Å². The Balaban J connectivity index is 1.77. The molecule has 2 aromatic rings. The molecule has 1 aliphatic rings. The highest BCUT2D eigenvalue weighted by Gasteiger charge is 2.33. The summed E-state index contributed by atoms with van der Waals surface area (Å²) in [6.45, 7) is 0. The monoisotopic (exact) mass is 282 g/mol. The second-order valence-corrected chi connectivity index (χ2v) is 5.16. The van der Waals surface area contributed by atoms with Crippen LogP contribution in [0.3, 0.4) is 0 Å². The van der Waals surface area contributed by atoms with Gasteiger partial charge in [0.2, 0.25) is 5.89 Å². The first-order chi connectivity index (χ1) is 9.13. The highest BCUT2D eigenvalue weighted by Crippen LogP contribution is 2.35. The van der Waals surface area contributed by atoms with Crippen molar-refractivity contribution in [2.45, 2.75) is 31.3 Å². The van der Waals surface area contributed by atoms with Crippen molar-refractivity contribution in [3.8, 4) is 0 Å². The molecule has 3 rings (SSSR count). The highest BCUT2D eigenvalue weighted by atomic mass is 35.5. The zero-order chi connectivity index (χ0) is 13.4.